The summed E-state index contributed by atoms with van der Waals surface area (Å²) in [5, 5.41) is 8.77. The van der Waals surface area contributed by atoms with Gasteiger partial charge in [0.15, 0.2) is 5.78 Å². The van der Waals surface area contributed by atoms with Gasteiger partial charge >= 0.3 is 0 Å². The maximum atomic E-state index is 12.2. The molecule has 7 heteroatoms. The monoisotopic (exact) mass is 275 g/mol. The van der Waals surface area contributed by atoms with Crippen LogP contribution in [0.3, 0.4) is 0 Å². The van der Waals surface area contributed by atoms with Crippen LogP contribution in [-0.4, -0.2) is 40.4 Å². The van der Waals surface area contributed by atoms with Crippen molar-refractivity contribution in [3.05, 3.63) is 36.1 Å². The molecule has 0 bridgehead atoms. The van der Waals surface area contributed by atoms with Crippen molar-refractivity contribution in [3.8, 4) is 0 Å². The van der Waals surface area contributed by atoms with Crippen LogP contribution in [0.5, 0.6) is 0 Å². The maximum Gasteiger partial charge on any atom is 0.185 e. The Hall–Kier alpha value is -2.25. The Kier molecular flexibility index (Phi) is 4.80. The van der Waals surface area contributed by atoms with Gasteiger partial charge in [0.2, 0.25) is 0 Å². The van der Waals surface area contributed by atoms with Crippen LogP contribution >= 0.6 is 0 Å². The summed E-state index contributed by atoms with van der Waals surface area (Å²) in [4.78, 5) is 20.1. The van der Waals surface area contributed by atoms with Crippen molar-refractivity contribution in [2.24, 2.45) is 4.99 Å². The summed E-state index contributed by atoms with van der Waals surface area (Å²) in [5.41, 5.74) is 7.47. The molecule has 106 valence electrons. The summed E-state index contributed by atoms with van der Waals surface area (Å²) >= 11 is 0. The number of carbonyl (C=O) groups is 1. The second-order valence-electron chi connectivity index (χ2n) is 4.21. The number of carbonyl (C=O) groups excluding carboxylic acids is 1. The number of aromatic nitrogens is 2. The highest BCUT2D eigenvalue weighted by atomic mass is 16.3. The highest BCUT2D eigenvalue weighted by Crippen LogP contribution is 2.24. The molecular formula is C13H17N5O2. The van der Waals surface area contributed by atoms with Gasteiger partial charge < -0.3 is 15.1 Å². The number of hydrazine groups is 1. The van der Waals surface area contributed by atoms with Gasteiger partial charge in [0.25, 0.3) is 0 Å². The number of ketones is 1. The molecule has 0 spiro atoms. The van der Waals surface area contributed by atoms with Crippen molar-refractivity contribution in [1.29, 1.82) is 0 Å². The molecule has 1 aromatic heterocycles. The fraction of sp³-hybridized carbons (Fsp3) is 0.308. The molecule has 7 nitrogen and oxygen atoms in total. The van der Waals surface area contributed by atoms with Crippen LogP contribution in [-0.2, 0) is 4.79 Å². The van der Waals surface area contributed by atoms with Crippen LogP contribution in [0.2, 0.25) is 0 Å². The second-order valence-corrected chi connectivity index (χ2v) is 4.21. The van der Waals surface area contributed by atoms with Gasteiger partial charge in [-0.05, 0) is 12.8 Å². The van der Waals surface area contributed by atoms with Gasteiger partial charge in [-0.3, -0.25) is 9.79 Å². The molecule has 0 aliphatic heterocycles. The van der Waals surface area contributed by atoms with E-state index in [1.165, 1.54) is 0 Å². The van der Waals surface area contributed by atoms with Crippen LogP contribution in [0.15, 0.2) is 41.1 Å². The van der Waals surface area contributed by atoms with Crippen molar-refractivity contribution in [1.82, 2.24) is 20.4 Å². The molecule has 0 radical (unpaired) electrons. The van der Waals surface area contributed by atoms with Crippen molar-refractivity contribution < 1.29 is 9.90 Å². The fourth-order valence-corrected chi connectivity index (χ4v) is 2.04. The lowest BCUT2D eigenvalue weighted by molar-refractivity contribution is -0.111. The molecule has 0 unspecified atom stereocenters. The topological polar surface area (TPSA) is 91.5 Å². The summed E-state index contributed by atoms with van der Waals surface area (Å²) in [5.74, 6) is -0.0675. The molecule has 0 saturated carbocycles. The number of nitrogens with zero attached hydrogens (tertiary/aromatic N) is 3. The third-order valence-corrected chi connectivity index (χ3v) is 2.95. The third kappa shape index (κ3) is 3.19. The van der Waals surface area contributed by atoms with E-state index in [1.54, 1.807) is 31.9 Å². The first kappa shape index (κ1) is 14.2. The third-order valence-electron chi connectivity index (χ3n) is 2.95. The summed E-state index contributed by atoms with van der Waals surface area (Å²) in [7, 11) is 1.63. The van der Waals surface area contributed by atoms with E-state index in [-0.39, 0.29) is 12.5 Å². The number of hydrogen-bond acceptors (Lipinski definition) is 6. The zero-order valence-corrected chi connectivity index (χ0v) is 11.2. The van der Waals surface area contributed by atoms with E-state index in [0.29, 0.717) is 17.7 Å². The van der Waals surface area contributed by atoms with Gasteiger partial charge in [-0.1, -0.05) is 0 Å². The molecule has 0 fully saturated rings. The van der Waals surface area contributed by atoms with E-state index >= 15 is 0 Å². The van der Waals surface area contributed by atoms with Crippen LogP contribution < -0.4 is 10.9 Å². The predicted molar refractivity (Wildman–Crippen MR) is 75.5 cm³/mol. The van der Waals surface area contributed by atoms with Gasteiger partial charge in [-0.2, -0.15) is 0 Å². The first-order valence-electron chi connectivity index (χ1n) is 6.24. The molecule has 1 heterocycles. The minimum Gasteiger partial charge on any atom is -0.380 e. The summed E-state index contributed by atoms with van der Waals surface area (Å²) in [6.07, 6.45) is 9.67. The molecule has 3 N–H and O–H groups in total. The van der Waals surface area contributed by atoms with Gasteiger partial charge in [0, 0.05) is 43.0 Å². The van der Waals surface area contributed by atoms with E-state index in [1.807, 2.05) is 10.8 Å². The van der Waals surface area contributed by atoms with Crippen LogP contribution in [0.1, 0.15) is 12.8 Å². The van der Waals surface area contributed by atoms with E-state index in [4.69, 9.17) is 5.11 Å². The number of aliphatic hydroxyl groups excluding tert-OH is 1. The van der Waals surface area contributed by atoms with Gasteiger partial charge in [-0.15, -0.1) is 0 Å². The molecule has 0 atom stereocenters. The SMILES string of the molecule is CN=CC(NNCO)=C1CCC(n2ccnc2)=CC1=O. The second kappa shape index (κ2) is 6.78. The van der Waals surface area contributed by atoms with Crippen molar-refractivity contribution in [3.63, 3.8) is 0 Å². The van der Waals surface area contributed by atoms with Crippen LogP contribution in [0, 0.1) is 0 Å². The standard InChI is InChI=1S/C13H17N5O2/c1-14-7-12(17-16-9-19)11-3-2-10(6-13(11)20)18-5-4-15-8-18/h4-8,16-17,19H,2-3,9H2,1H3. The molecule has 1 aliphatic rings. The number of imidazole rings is 1. The fourth-order valence-electron chi connectivity index (χ4n) is 2.04. The Morgan fingerprint density at radius 2 is 2.45 bits per heavy atom. The number of nitrogens with one attached hydrogen (secondary N) is 2. The van der Waals surface area contributed by atoms with E-state index in [9.17, 15) is 4.79 Å². The highest BCUT2D eigenvalue weighted by molar-refractivity contribution is 6.11. The van der Waals surface area contributed by atoms with Gasteiger partial charge in [-0.25, -0.2) is 10.4 Å². The Labute approximate surface area is 116 Å². The van der Waals surface area contributed by atoms with Crippen molar-refractivity contribution in [2.75, 3.05) is 13.8 Å². The number of allylic oxidation sites excluding steroid dienone is 4. The van der Waals surface area contributed by atoms with Crippen LogP contribution in [0.4, 0.5) is 0 Å². The minimum absolute atomic E-state index is 0.0675. The largest absolute Gasteiger partial charge is 0.380 e. The first-order chi connectivity index (χ1) is 9.76. The normalized spacial score (nSPS) is 18.3. The summed E-state index contributed by atoms with van der Waals surface area (Å²) < 4.78 is 1.83. The Balaban J connectivity index is 2.25. The Morgan fingerprint density at radius 1 is 1.60 bits per heavy atom. The minimum atomic E-state index is -0.237. The van der Waals surface area contributed by atoms with Gasteiger partial charge in [0.05, 0.1) is 12.0 Å². The Bertz CT molecular complexity index is 557. The lowest BCUT2D eigenvalue weighted by Crippen LogP contribution is -2.34. The van der Waals surface area contributed by atoms with Crippen molar-refractivity contribution >= 4 is 17.7 Å². The van der Waals surface area contributed by atoms with Crippen molar-refractivity contribution in [2.45, 2.75) is 12.8 Å². The van der Waals surface area contributed by atoms with E-state index in [0.717, 1.165) is 12.1 Å². The van der Waals surface area contributed by atoms with Gasteiger partial charge in [0.1, 0.15) is 6.73 Å². The zero-order chi connectivity index (χ0) is 14.4. The smallest absolute Gasteiger partial charge is 0.185 e. The molecular weight excluding hydrogens is 258 g/mol. The maximum absolute atomic E-state index is 12.2. The number of aliphatic imine (C=N–C) groups is 1. The number of aliphatic hydroxyl groups is 1. The molecule has 0 saturated heterocycles. The van der Waals surface area contributed by atoms with E-state index < -0.39 is 0 Å². The number of rotatable bonds is 5. The molecule has 20 heavy (non-hydrogen) atoms. The quantitative estimate of drug-likeness (QED) is 0.306. The molecule has 1 aliphatic carbocycles. The first-order valence-corrected chi connectivity index (χ1v) is 6.24. The average Bonchev–Trinajstić information content (AvgIpc) is 2.98. The zero-order valence-electron chi connectivity index (χ0n) is 11.2. The number of hydrogen-bond donors (Lipinski definition) is 3. The molecule has 0 amide bonds. The predicted octanol–water partition coefficient (Wildman–Crippen LogP) is 0.0856. The molecule has 2 rings (SSSR count). The lowest BCUT2D eigenvalue weighted by atomic mass is 9.95. The van der Waals surface area contributed by atoms with Crippen LogP contribution in [0.25, 0.3) is 5.70 Å². The van der Waals surface area contributed by atoms with E-state index in [2.05, 4.69) is 20.8 Å². The molecule has 1 aromatic rings. The summed E-state index contributed by atoms with van der Waals surface area (Å²) in [6, 6.07) is 0. The highest BCUT2D eigenvalue weighted by Gasteiger charge is 2.19. The lowest BCUT2D eigenvalue weighted by Gasteiger charge is -2.18. The molecule has 0 aromatic carbocycles. The Morgan fingerprint density at radius 3 is 3.05 bits per heavy atom. The summed E-state index contributed by atoms with van der Waals surface area (Å²) in [6.45, 7) is -0.237. The average molecular weight is 275 g/mol.